The van der Waals surface area contributed by atoms with E-state index >= 15 is 0 Å². The van der Waals surface area contributed by atoms with E-state index in [2.05, 4.69) is 16.9 Å². The number of carbonyl (C=O) groups is 1. The van der Waals surface area contributed by atoms with Crippen molar-refractivity contribution >= 4 is 5.97 Å². The first-order chi connectivity index (χ1) is 8.72. The van der Waals surface area contributed by atoms with Crippen LogP contribution in [0.4, 0.5) is 0 Å². The van der Waals surface area contributed by atoms with Gasteiger partial charge < -0.3 is 10.5 Å². The van der Waals surface area contributed by atoms with Crippen LogP contribution in [0.25, 0.3) is 0 Å². The lowest BCUT2D eigenvalue weighted by molar-refractivity contribution is -0.140. The number of fused-ring (bicyclic) bond motifs is 2. The normalized spacial score (nSPS) is 34.3. The molecule has 1 unspecified atom stereocenters. The Morgan fingerprint density at radius 3 is 2.78 bits per heavy atom. The van der Waals surface area contributed by atoms with Gasteiger partial charge in [-0.2, -0.15) is 0 Å². The fourth-order valence-electron chi connectivity index (χ4n) is 3.64. The fraction of sp³-hybridized carbons (Fsp3) is 0.800. The smallest absolute Gasteiger partial charge is 0.305 e. The summed E-state index contributed by atoms with van der Waals surface area (Å²) in [7, 11) is 1.44. The maximum Gasteiger partial charge on any atom is 0.305 e. The minimum atomic E-state index is -0.112. The van der Waals surface area contributed by atoms with E-state index in [9.17, 15) is 4.79 Å². The van der Waals surface area contributed by atoms with Gasteiger partial charge in [-0.05, 0) is 56.3 Å². The predicted molar refractivity (Wildman–Crippen MR) is 71.9 cm³/mol. The van der Waals surface area contributed by atoms with E-state index in [1.807, 2.05) is 0 Å². The summed E-state index contributed by atoms with van der Waals surface area (Å²) < 4.78 is 4.61. The fourth-order valence-corrected chi connectivity index (χ4v) is 3.64. The predicted octanol–water partition coefficient (Wildman–Crippen LogP) is 2.65. The van der Waals surface area contributed by atoms with E-state index in [0.717, 1.165) is 31.1 Å². The third kappa shape index (κ3) is 3.14. The van der Waals surface area contributed by atoms with Crippen LogP contribution < -0.4 is 5.73 Å². The van der Waals surface area contributed by atoms with Crippen molar-refractivity contribution in [2.75, 3.05) is 7.11 Å². The van der Waals surface area contributed by atoms with Crippen LogP contribution in [0, 0.1) is 17.8 Å². The zero-order valence-electron chi connectivity index (χ0n) is 11.3. The summed E-state index contributed by atoms with van der Waals surface area (Å²) in [5.41, 5.74) is 6.27. The van der Waals surface area contributed by atoms with Crippen molar-refractivity contribution in [1.29, 1.82) is 0 Å². The summed E-state index contributed by atoms with van der Waals surface area (Å²) in [6, 6.07) is 0.434. The molecule has 0 aromatic carbocycles. The third-order valence-electron chi connectivity index (χ3n) is 4.71. The van der Waals surface area contributed by atoms with Crippen LogP contribution in [-0.2, 0) is 9.53 Å². The number of esters is 1. The molecular weight excluding hydrogens is 226 g/mol. The molecule has 0 aromatic heterocycles. The lowest BCUT2D eigenvalue weighted by Gasteiger charge is -2.27. The molecule has 2 fully saturated rings. The highest BCUT2D eigenvalue weighted by Crippen LogP contribution is 2.48. The molecule has 0 radical (unpaired) electrons. The number of allylic oxidation sites excluding steroid dienone is 2. The second-order valence-electron chi connectivity index (χ2n) is 5.75. The van der Waals surface area contributed by atoms with Crippen LogP contribution in [0.3, 0.4) is 0 Å². The average molecular weight is 251 g/mol. The first-order valence-corrected chi connectivity index (χ1v) is 7.19. The molecule has 4 atom stereocenters. The molecular formula is C15H25NO2. The van der Waals surface area contributed by atoms with Crippen molar-refractivity contribution in [3.63, 3.8) is 0 Å². The Morgan fingerprint density at radius 1 is 1.33 bits per heavy atom. The average Bonchev–Trinajstić information content (AvgIpc) is 2.95. The van der Waals surface area contributed by atoms with Gasteiger partial charge in [0.15, 0.2) is 0 Å². The maximum atomic E-state index is 10.9. The standard InChI is InChI=1S/C15H25NO2/c1-18-14(17)7-5-3-2-4-6-13-11-8-9-12(10-11)15(13)16/h2,4,11-13,15H,3,5-10,16H2,1H3/b4-2-/t11?,12-,13+,15+/m1/s1. The Labute approximate surface area is 110 Å². The molecule has 2 N–H and O–H groups in total. The van der Waals surface area contributed by atoms with Gasteiger partial charge in [0, 0.05) is 12.5 Å². The monoisotopic (exact) mass is 251 g/mol. The van der Waals surface area contributed by atoms with Crippen LogP contribution in [0.2, 0.25) is 0 Å². The second-order valence-corrected chi connectivity index (χ2v) is 5.75. The van der Waals surface area contributed by atoms with Gasteiger partial charge in [0.05, 0.1) is 7.11 Å². The summed E-state index contributed by atoms with van der Waals surface area (Å²) >= 11 is 0. The van der Waals surface area contributed by atoms with E-state index in [1.54, 1.807) is 0 Å². The number of unbranched alkanes of at least 4 members (excludes halogenated alkanes) is 1. The first-order valence-electron chi connectivity index (χ1n) is 7.19. The van der Waals surface area contributed by atoms with E-state index in [0.29, 0.717) is 18.4 Å². The van der Waals surface area contributed by atoms with Gasteiger partial charge in [-0.15, -0.1) is 0 Å². The molecule has 0 saturated heterocycles. The number of rotatable bonds is 6. The molecule has 18 heavy (non-hydrogen) atoms. The molecule has 3 heteroatoms. The van der Waals surface area contributed by atoms with Gasteiger partial charge in [0.25, 0.3) is 0 Å². The molecule has 2 bridgehead atoms. The van der Waals surface area contributed by atoms with E-state index < -0.39 is 0 Å². The third-order valence-corrected chi connectivity index (χ3v) is 4.71. The molecule has 2 aliphatic rings. The summed E-state index contributed by atoms with van der Waals surface area (Å²) in [5.74, 6) is 2.27. The van der Waals surface area contributed by atoms with Gasteiger partial charge >= 0.3 is 5.97 Å². The van der Waals surface area contributed by atoms with Crippen molar-refractivity contribution in [3.05, 3.63) is 12.2 Å². The lowest BCUT2D eigenvalue weighted by atomic mass is 9.83. The SMILES string of the molecule is COC(=O)CCC/C=C\C[C@H]1C2CC[C@H](C2)[C@@H]1N. The number of methoxy groups -OCH3 is 1. The van der Waals surface area contributed by atoms with Crippen molar-refractivity contribution in [3.8, 4) is 0 Å². The van der Waals surface area contributed by atoms with Gasteiger partial charge in [-0.25, -0.2) is 0 Å². The van der Waals surface area contributed by atoms with Gasteiger partial charge in [-0.3, -0.25) is 4.79 Å². The first kappa shape index (κ1) is 13.6. The Morgan fingerprint density at radius 2 is 2.11 bits per heavy atom. The van der Waals surface area contributed by atoms with Crippen molar-refractivity contribution < 1.29 is 9.53 Å². The van der Waals surface area contributed by atoms with E-state index in [1.165, 1.54) is 26.4 Å². The summed E-state index contributed by atoms with van der Waals surface area (Å²) in [6.07, 6.45) is 12.1. The number of ether oxygens (including phenoxy) is 1. The molecule has 3 nitrogen and oxygen atoms in total. The van der Waals surface area contributed by atoms with Crippen LogP contribution in [0.5, 0.6) is 0 Å². The Bertz CT molecular complexity index is 312. The number of carbonyl (C=O) groups excluding carboxylic acids is 1. The van der Waals surface area contributed by atoms with Gasteiger partial charge in [0.2, 0.25) is 0 Å². The number of hydrogen-bond acceptors (Lipinski definition) is 3. The Hall–Kier alpha value is -0.830. The summed E-state index contributed by atoms with van der Waals surface area (Å²) in [4.78, 5) is 10.9. The van der Waals surface area contributed by atoms with Crippen LogP contribution >= 0.6 is 0 Å². The Balaban J connectivity index is 1.61. The highest BCUT2D eigenvalue weighted by molar-refractivity contribution is 5.68. The van der Waals surface area contributed by atoms with Crippen molar-refractivity contribution in [2.45, 2.75) is 51.0 Å². The molecule has 2 aliphatic carbocycles. The molecule has 0 aliphatic heterocycles. The van der Waals surface area contributed by atoms with Crippen LogP contribution in [0.1, 0.15) is 44.9 Å². The zero-order chi connectivity index (χ0) is 13.0. The minimum Gasteiger partial charge on any atom is -0.469 e. The zero-order valence-corrected chi connectivity index (χ0v) is 11.3. The summed E-state index contributed by atoms with van der Waals surface area (Å²) in [5, 5.41) is 0. The molecule has 102 valence electrons. The quantitative estimate of drug-likeness (QED) is 0.448. The molecule has 0 aromatic rings. The maximum absolute atomic E-state index is 10.9. The van der Waals surface area contributed by atoms with Crippen LogP contribution in [-0.4, -0.2) is 19.1 Å². The lowest BCUT2D eigenvalue weighted by Crippen LogP contribution is -2.35. The Kier molecular flexibility index (Phi) is 4.81. The topological polar surface area (TPSA) is 52.3 Å². The van der Waals surface area contributed by atoms with E-state index in [4.69, 9.17) is 5.73 Å². The molecule has 0 heterocycles. The minimum absolute atomic E-state index is 0.112. The number of nitrogens with two attached hydrogens (primary N) is 1. The largest absolute Gasteiger partial charge is 0.469 e. The van der Waals surface area contributed by atoms with Crippen LogP contribution in [0.15, 0.2) is 12.2 Å². The highest BCUT2D eigenvalue weighted by atomic mass is 16.5. The molecule has 2 rings (SSSR count). The van der Waals surface area contributed by atoms with Gasteiger partial charge in [-0.1, -0.05) is 12.2 Å². The molecule has 2 saturated carbocycles. The second kappa shape index (κ2) is 6.37. The van der Waals surface area contributed by atoms with Crippen molar-refractivity contribution in [2.24, 2.45) is 23.5 Å². The number of hydrogen-bond donors (Lipinski definition) is 1. The van der Waals surface area contributed by atoms with Gasteiger partial charge in [0.1, 0.15) is 0 Å². The van der Waals surface area contributed by atoms with E-state index in [-0.39, 0.29) is 5.97 Å². The summed E-state index contributed by atoms with van der Waals surface area (Å²) in [6.45, 7) is 0. The highest BCUT2D eigenvalue weighted by Gasteiger charge is 2.44. The molecule has 0 spiro atoms. The van der Waals surface area contributed by atoms with Crippen molar-refractivity contribution in [1.82, 2.24) is 0 Å². The molecule has 0 amide bonds.